The van der Waals surface area contributed by atoms with Crippen LogP contribution in [0.3, 0.4) is 0 Å². The van der Waals surface area contributed by atoms with Crippen molar-refractivity contribution >= 4 is 22.2 Å². The molecule has 1 amide bonds. The Kier molecular flexibility index (Phi) is 4.35. The van der Waals surface area contributed by atoms with Crippen molar-refractivity contribution in [3.63, 3.8) is 0 Å². The standard InChI is InChI=1S/C14H17N3OS/c1-3-4-9(2)13(18)17-14-11(7-15)10-5-6-16-8-12(10)19-14/h4,16H,3,5-6,8H2,1-2H3,(H,17,18)/b9-4+. The minimum Gasteiger partial charge on any atom is -0.313 e. The van der Waals surface area contributed by atoms with Gasteiger partial charge in [-0.25, -0.2) is 0 Å². The van der Waals surface area contributed by atoms with Gasteiger partial charge in [0.15, 0.2) is 0 Å². The molecule has 19 heavy (non-hydrogen) atoms. The van der Waals surface area contributed by atoms with E-state index in [-0.39, 0.29) is 5.91 Å². The van der Waals surface area contributed by atoms with Gasteiger partial charge in [0.25, 0.3) is 5.91 Å². The van der Waals surface area contributed by atoms with E-state index in [1.165, 1.54) is 11.3 Å². The summed E-state index contributed by atoms with van der Waals surface area (Å²) < 4.78 is 0. The van der Waals surface area contributed by atoms with Crippen molar-refractivity contribution < 1.29 is 4.79 Å². The summed E-state index contributed by atoms with van der Waals surface area (Å²) in [6, 6.07) is 2.23. The van der Waals surface area contributed by atoms with Crippen LogP contribution in [0.4, 0.5) is 5.00 Å². The molecule has 0 aliphatic carbocycles. The van der Waals surface area contributed by atoms with Gasteiger partial charge in [-0.15, -0.1) is 11.3 Å². The number of amides is 1. The number of nitrogens with one attached hydrogen (secondary N) is 2. The molecule has 1 aromatic rings. The van der Waals surface area contributed by atoms with Gasteiger partial charge in [-0.05, 0) is 31.9 Å². The summed E-state index contributed by atoms with van der Waals surface area (Å²) in [5.41, 5.74) is 2.42. The number of nitrogens with zero attached hydrogens (tertiary/aromatic N) is 1. The molecule has 1 aliphatic rings. The molecule has 0 radical (unpaired) electrons. The van der Waals surface area contributed by atoms with Crippen LogP contribution in [0.25, 0.3) is 0 Å². The average Bonchev–Trinajstić information content (AvgIpc) is 2.75. The second kappa shape index (κ2) is 6.00. The maximum atomic E-state index is 12.0. The van der Waals surface area contributed by atoms with E-state index in [2.05, 4.69) is 16.7 Å². The van der Waals surface area contributed by atoms with Gasteiger partial charge in [-0.3, -0.25) is 4.79 Å². The highest BCUT2D eigenvalue weighted by molar-refractivity contribution is 7.16. The molecule has 0 saturated carbocycles. The monoisotopic (exact) mass is 275 g/mol. The first-order chi connectivity index (χ1) is 9.17. The lowest BCUT2D eigenvalue weighted by Gasteiger charge is -2.11. The Labute approximate surface area is 117 Å². The van der Waals surface area contributed by atoms with Gasteiger partial charge in [-0.2, -0.15) is 5.26 Å². The van der Waals surface area contributed by atoms with Crippen LogP contribution in [0.1, 0.15) is 36.3 Å². The molecule has 5 heteroatoms. The molecule has 1 aromatic heterocycles. The normalized spacial score (nSPS) is 14.7. The first-order valence-electron chi connectivity index (χ1n) is 6.40. The Balaban J connectivity index is 2.26. The van der Waals surface area contributed by atoms with Crippen molar-refractivity contribution in [2.24, 2.45) is 0 Å². The molecule has 2 heterocycles. The highest BCUT2D eigenvalue weighted by atomic mass is 32.1. The summed E-state index contributed by atoms with van der Waals surface area (Å²) in [5.74, 6) is -0.120. The van der Waals surface area contributed by atoms with Crippen LogP contribution in [0, 0.1) is 11.3 Å². The molecule has 100 valence electrons. The maximum absolute atomic E-state index is 12.0. The third-order valence-corrected chi connectivity index (χ3v) is 4.28. The number of hydrogen-bond donors (Lipinski definition) is 2. The van der Waals surface area contributed by atoms with Gasteiger partial charge in [-0.1, -0.05) is 13.0 Å². The zero-order chi connectivity index (χ0) is 13.8. The molecule has 2 rings (SSSR count). The second-order valence-corrected chi connectivity index (χ2v) is 5.60. The van der Waals surface area contributed by atoms with Gasteiger partial charge in [0.2, 0.25) is 0 Å². The largest absolute Gasteiger partial charge is 0.313 e. The molecule has 0 unspecified atom stereocenters. The first-order valence-corrected chi connectivity index (χ1v) is 7.22. The molecule has 0 spiro atoms. The van der Waals surface area contributed by atoms with E-state index >= 15 is 0 Å². The van der Waals surface area contributed by atoms with Crippen LogP contribution in [-0.4, -0.2) is 12.5 Å². The number of anilines is 1. The fourth-order valence-corrected chi connectivity index (χ4v) is 3.30. The van der Waals surface area contributed by atoms with Gasteiger partial charge >= 0.3 is 0 Å². The summed E-state index contributed by atoms with van der Waals surface area (Å²) in [6.45, 7) is 5.46. The predicted molar refractivity (Wildman–Crippen MR) is 77.1 cm³/mol. The number of hydrogen-bond acceptors (Lipinski definition) is 4. The van der Waals surface area contributed by atoms with E-state index in [1.54, 1.807) is 6.92 Å². The number of nitriles is 1. The van der Waals surface area contributed by atoms with Gasteiger partial charge in [0.1, 0.15) is 11.1 Å². The molecule has 0 fully saturated rings. The Morgan fingerprint density at radius 3 is 3.11 bits per heavy atom. The molecule has 2 N–H and O–H groups in total. The Hall–Kier alpha value is -1.64. The van der Waals surface area contributed by atoms with E-state index in [9.17, 15) is 10.1 Å². The van der Waals surface area contributed by atoms with Crippen LogP contribution < -0.4 is 10.6 Å². The van der Waals surface area contributed by atoms with Crippen LogP contribution in [0.5, 0.6) is 0 Å². The summed E-state index contributed by atoms with van der Waals surface area (Å²) in [7, 11) is 0. The lowest BCUT2D eigenvalue weighted by molar-refractivity contribution is -0.112. The minimum atomic E-state index is -0.120. The zero-order valence-electron chi connectivity index (χ0n) is 11.2. The summed E-state index contributed by atoms with van der Waals surface area (Å²) in [6.07, 6.45) is 3.57. The number of fused-ring (bicyclic) bond motifs is 1. The van der Waals surface area contributed by atoms with Gasteiger partial charge in [0, 0.05) is 17.0 Å². The highest BCUT2D eigenvalue weighted by Crippen LogP contribution is 2.34. The maximum Gasteiger partial charge on any atom is 0.251 e. The summed E-state index contributed by atoms with van der Waals surface area (Å²) in [4.78, 5) is 13.1. The van der Waals surface area contributed by atoms with Crippen molar-refractivity contribution in [3.8, 4) is 6.07 Å². The lowest BCUT2D eigenvalue weighted by Crippen LogP contribution is -2.22. The number of carbonyl (C=O) groups excluding carboxylic acids is 1. The van der Waals surface area contributed by atoms with Crippen molar-refractivity contribution in [2.45, 2.75) is 33.2 Å². The minimum absolute atomic E-state index is 0.120. The fourth-order valence-electron chi connectivity index (χ4n) is 2.14. The SMILES string of the molecule is CC/C=C(\C)C(=O)Nc1sc2c(c1C#N)CCNC2. The summed E-state index contributed by atoms with van der Waals surface area (Å²) >= 11 is 1.51. The number of rotatable bonds is 3. The fraction of sp³-hybridized carbons (Fsp3) is 0.429. The predicted octanol–water partition coefficient (Wildman–Crippen LogP) is 2.56. The van der Waals surface area contributed by atoms with Crippen molar-refractivity contribution in [3.05, 3.63) is 27.7 Å². The number of allylic oxidation sites excluding steroid dienone is 1. The number of thiophene rings is 1. The van der Waals surface area contributed by atoms with E-state index in [0.29, 0.717) is 16.1 Å². The molecule has 0 atom stereocenters. The van der Waals surface area contributed by atoms with E-state index in [0.717, 1.165) is 36.4 Å². The van der Waals surface area contributed by atoms with E-state index in [4.69, 9.17) is 0 Å². The Morgan fingerprint density at radius 2 is 2.42 bits per heavy atom. The van der Waals surface area contributed by atoms with Crippen molar-refractivity contribution in [1.29, 1.82) is 5.26 Å². The third-order valence-electron chi connectivity index (χ3n) is 3.14. The quantitative estimate of drug-likeness (QED) is 0.833. The lowest BCUT2D eigenvalue weighted by atomic mass is 10.1. The Morgan fingerprint density at radius 1 is 1.63 bits per heavy atom. The molecule has 0 saturated heterocycles. The molecule has 1 aliphatic heterocycles. The third kappa shape index (κ3) is 2.86. The van der Waals surface area contributed by atoms with Crippen molar-refractivity contribution in [2.75, 3.05) is 11.9 Å². The topological polar surface area (TPSA) is 64.9 Å². The van der Waals surface area contributed by atoms with Crippen LogP contribution in [0.15, 0.2) is 11.6 Å². The van der Waals surface area contributed by atoms with E-state index in [1.807, 2.05) is 13.0 Å². The second-order valence-electron chi connectivity index (χ2n) is 4.50. The zero-order valence-corrected chi connectivity index (χ0v) is 12.0. The smallest absolute Gasteiger partial charge is 0.251 e. The van der Waals surface area contributed by atoms with Gasteiger partial charge < -0.3 is 10.6 Å². The van der Waals surface area contributed by atoms with E-state index < -0.39 is 0 Å². The average molecular weight is 275 g/mol. The molecule has 4 nitrogen and oxygen atoms in total. The molecule has 0 aromatic carbocycles. The van der Waals surface area contributed by atoms with Crippen LogP contribution >= 0.6 is 11.3 Å². The molecular weight excluding hydrogens is 258 g/mol. The molecular formula is C14H17N3OS. The van der Waals surface area contributed by atoms with Crippen LogP contribution in [-0.2, 0) is 17.8 Å². The highest BCUT2D eigenvalue weighted by Gasteiger charge is 2.21. The van der Waals surface area contributed by atoms with Crippen LogP contribution in [0.2, 0.25) is 0 Å². The first kappa shape index (κ1) is 13.8. The van der Waals surface area contributed by atoms with Gasteiger partial charge in [0.05, 0.1) is 5.56 Å². The summed E-state index contributed by atoms with van der Waals surface area (Å²) in [5, 5.41) is 16.1. The van der Waals surface area contributed by atoms with Crippen molar-refractivity contribution in [1.82, 2.24) is 5.32 Å². The number of carbonyl (C=O) groups is 1. The Bertz CT molecular complexity index is 566. The molecule has 0 bridgehead atoms.